The van der Waals surface area contributed by atoms with E-state index in [0.717, 1.165) is 71.0 Å². The Hall–Kier alpha value is -2.31. The first-order valence-electron chi connectivity index (χ1n) is 13.3. The van der Waals surface area contributed by atoms with E-state index < -0.39 is 9.84 Å². The van der Waals surface area contributed by atoms with Gasteiger partial charge in [0.1, 0.15) is 0 Å². The molecule has 0 unspecified atom stereocenters. The van der Waals surface area contributed by atoms with E-state index in [9.17, 15) is 13.2 Å². The lowest BCUT2D eigenvalue weighted by atomic mass is 10.0. The van der Waals surface area contributed by atoms with Crippen molar-refractivity contribution < 1.29 is 22.7 Å². The molecule has 0 N–H and O–H groups in total. The minimum absolute atomic E-state index is 0.0762. The fourth-order valence-corrected chi connectivity index (χ4v) is 7.58. The number of amides is 1. The Bertz CT molecular complexity index is 1250. The van der Waals surface area contributed by atoms with Crippen LogP contribution in [0.5, 0.6) is 0 Å². The number of likely N-dealkylation sites (tertiary alicyclic amines) is 1. The molecule has 0 bridgehead atoms. The van der Waals surface area contributed by atoms with Crippen LogP contribution in [0.3, 0.4) is 0 Å². The number of sulfone groups is 1. The van der Waals surface area contributed by atoms with E-state index in [2.05, 4.69) is 9.80 Å². The van der Waals surface area contributed by atoms with Crippen molar-refractivity contribution >= 4 is 15.7 Å². The fourth-order valence-electron chi connectivity index (χ4n) is 5.99. The van der Waals surface area contributed by atoms with Crippen molar-refractivity contribution in [1.29, 1.82) is 0 Å². The molecule has 0 saturated carbocycles. The lowest BCUT2D eigenvalue weighted by Crippen LogP contribution is -2.44. The number of carbonyl (C=O) groups is 1. The van der Waals surface area contributed by atoms with Gasteiger partial charge in [-0.15, -0.1) is 0 Å². The molecule has 0 spiro atoms. The van der Waals surface area contributed by atoms with Crippen LogP contribution in [-0.4, -0.2) is 118 Å². The molecule has 4 aliphatic heterocycles. The van der Waals surface area contributed by atoms with Gasteiger partial charge in [0.25, 0.3) is 5.91 Å². The standard InChI is InChI=1S/C26H35N5O5S/c32-26(30-12-16-36-17-13-30)24-22-19-37(33,34)23-6-2-1-5-21(23)25(22)31(27-24)20-4-3-7-29(18-20)9-8-28-10-14-35-15-11-28/h1-2,5-6,20H,3-4,7-19H2/t20-/m0/s1. The van der Waals surface area contributed by atoms with Gasteiger partial charge < -0.3 is 14.4 Å². The summed E-state index contributed by atoms with van der Waals surface area (Å²) in [5.41, 5.74) is 2.27. The second-order valence-electron chi connectivity index (χ2n) is 10.3. The molecule has 10 nitrogen and oxygen atoms in total. The van der Waals surface area contributed by atoms with Crippen LogP contribution < -0.4 is 0 Å². The molecule has 1 atom stereocenters. The number of fused-ring (bicyclic) bond motifs is 3. The van der Waals surface area contributed by atoms with Crippen molar-refractivity contribution in [3.8, 4) is 11.3 Å². The number of rotatable bonds is 5. The molecule has 0 radical (unpaired) electrons. The average molecular weight is 530 g/mol. The van der Waals surface area contributed by atoms with Gasteiger partial charge in [-0.3, -0.25) is 19.3 Å². The maximum atomic E-state index is 13.6. The molecule has 3 saturated heterocycles. The van der Waals surface area contributed by atoms with Crippen molar-refractivity contribution in [3.05, 3.63) is 35.5 Å². The summed E-state index contributed by atoms with van der Waals surface area (Å²) in [5, 5.41) is 4.91. The number of ether oxygens (including phenoxy) is 2. The summed E-state index contributed by atoms with van der Waals surface area (Å²) < 4.78 is 39.4. The first kappa shape index (κ1) is 25.0. The molecule has 11 heteroatoms. The van der Waals surface area contributed by atoms with Gasteiger partial charge in [-0.2, -0.15) is 5.10 Å². The van der Waals surface area contributed by atoms with Crippen LogP contribution >= 0.6 is 0 Å². The Morgan fingerprint density at radius 2 is 1.65 bits per heavy atom. The number of morpholine rings is 2. The van der Waals surface area contributed by atoms with Crippen LogP contribution in [0.25, 0.3) is 11.3 Å². The first-order valence-corrected chi connectivity index (χ1v) is 15.0. The predicted molar refractivity (Wildman–Crippen MR) is 137 cm³/mol. The maximum absolute atomic E-state index is 13.6. The number of benzene rings is 1. The Morgan fingerprint density at radius 1 is 0.946 bits per heavy atom. The third-order valence-corrected chi connectivity index (χ3v) is 9.68. The summed E-state index contributed by atoms with van der Waals surface area (Å²) in [5.74, 6) is -0.397. The van der Waals surface area contributed by atoms with Crippen molar-refractivity contribution in [3.63, 3.8) is 0 Å². The average Bonchev–Trinajstić information content (AvgIpc) is 3.31. The van der Waals surface area contributed by atoms with Crippen LogP contribution in [0.2, 0.25) is 0 Å². The molecule has 37 heavy (non-hydrogen) atoms. The second-order valence-corrected chi connectivity index (χ2v) is 12.3. The van der Waals surface area contributed by atoms with E-state index >= 15 is 0 Å². The van der Waals surface area contributed by atoms with Crippen molar-refractivity contribution in [2.24, 2.45) is 0 Å². The van der Waals surface area contributed by atoms with Crippen LogP contribution in [0, 0.1) is 0 Å². The minimum atomic E-state index is -3.57. The van der Waals surface area contributed by atoms with E-state index in [1.807, 2.05) is 16.8 Å². The molecule has 2 aromatic rings. The molecule has 4 aliphatic rings. The molecule has 5 heterocycles. The lowest BCUT2D eigenvalue weighted by Gasteiger charge is -2.36. The highest BCUT2D eigenvalue weighted by Gasteiger charge is 2.39. The predicted octanol–water partition coefficient (Wildman–Crippen LogP) is 1.28. The van der Waals surface area contributed by atoms with Gasteiger partial charge in [0, 0.05) is 56.9 Å². The highest BCUT2D eigenvalue weighted by Crippen LogP contribution is 2.41. The molecule has 0 aliphatic carbocycles. The summed E-state index contributed by atoms with van der Waals surface area (Å²) in [6.45, 7) is 9.34. The topological polar surface area (TPSA) is 97.2 Å². The normalized spacial score (nSPS) is 24.4. The molecular weight excluding hydrogens is 494 g/mol. The fraction of sp³-hybridized carbons (Fsp3) is 0.615. The summed E-state index contributed by atoms with van der Waals surface area (Å²) in [6, 6.07) is 7.22. The quantitative estimate of drug-likeness (QED) is 0.572. The number of hydrogen-bond donors (Lipinski definition) is 0. The molecular formula is C26H35N5O5S. The number of hydrogen-bond acceptors (Lipinski definition) is 8. The number of piperidine rings is 1. The Kier molecular flexibility index (Phi) is 7.06. The van der Waals surface area contributed by atoms with Crippen LogP contribution in [-0.2, 0) is 25.1 Å². The minimum Gasteiger partial charge on any atom is -0.379 e. The maximum Gasteiger partial charge on any atom is 0.274 e. The van der Waals surface area contributed by atoms with Crippen molar-refractivity contribution in [2.75, 3.05) is 78.8 Å². The Labute approximate surface area is 218 Å². The van der Waals surface area contributed by atoms with Gasteiger partial charge in [-0.05, 0) is 25.5 Å². The van der Waals surface area contributed by atoms with Crippen molar-refractivity contribution in [1.82, 2.24) is 24.5 Å². The van der Waals surface area contributed by atoms with E-state index in [4.69, 9.17) is 14.6 Å². The van der Waals surface area contributed by atoms with E-state index in [0.29, 0.717) is 42.3 Å². The van der Waals surface area contributed by atoms with Crippen LogP contribution in [0.15, 0.2) is 29.2 Å². The van der Waals surface area contributed by atoms with Crippen LogP contribution in [0.1, 0.15) is 34.9 Å². The second kappa shape index (κ2) is 10.5. The largest absolute Gasteiger partial charge is 0.379 e. The molecule has 3 fully saturated rings. The monoisotopic (exact) mass is 529 g/mol. The summed E-state index contributed by atoms with van der Waals surface area (Å²) >= 11 is 0. The van der Waals surface area contributed by atoms with Gasteiger partial charge >= 0.3 is 0 Å². The van der Waals surface area contributed by atoms with Gasteiger partial charge in [-0.1, -0.05) is 18.2 Å². The zero-order valence-electron chi connectivity index (χ0n) is 21.2. The van der Waals surface area contributed by atoms with Crippen LogP contribution in [0.4, 0.5) is 0 Å². The third kappa shape index (κ3) is 4.95. The van der Waals surface area contributed by atoms with Gasteiger partial charge in [-0.25, -0.2) is 8.42 Å². The number of aromatic nitrogens is 2. The molecule has 1 aromatic carbocycles. The number of carbonyl (C=O) groups excluding carboxylic acids is 1. The summed E-state index contributed by atoms with van der Waals surface area (Å²) in [7, 11) is -3.57. The first-order chi connectivity index (χ1) is 18.0. The van der Waals surface area contributed by atoms with Crippen molar-refractivity contribution in [2.45, 2.75) is 29.5 Å². The van der Waals surface area contributed by atoms with Gasteiger partial charge in [0.15, 0.2) is 15.5 Å². The third-order valence-electron chi connectivity index (χ3n) is 7.98. The molecule has 6 rings (SSSR count). The lowest BCUT2D eigenvalue weighted by molar-refractivity contribution is 0.0294. The summed E-state index contributed by atoms with van der Waals surface area (Å²) in [6.07, 6.45) is 1.98. The van der Waals surface area contributed by atoms with E-state index in [1.165, 1.54) is 0 Å². The molecule has 1 amide bonds. The molecule has 1 aromatic heterocycles. The van der Waals surface area contributed by atoms with Gasteiger partial charge in [0.05, 0.1) is 48.8 Å². The summed E-state index contributed by atoms with van der Waals surface area (Å²) in [4.78, 5) is 20.6. The zero-order valence-corrected chi connectivity index (χ0v) is 22.0. The zero-order chi connectivity index (χ0) is 25.4. The van der Waals surface area contributed by atoms with E-state index in [-0.39, 0.29) is 23.4 Å². The van der Waals surface area contributed by atoms with E-state index in [1.54, 1.807) is 17.0 Å². The number of nitrogens with zero attached hydrogens (tertiary/aromatic N) is 5. The smallest absolute Gasteiger partial charge is 0.274 e. The highest BCUT2D eigenvalue weighted by molar-refractivity contribution is 7.90. The Balaban J connectivity index is 1.33. The Morgan fingerprint density at radius 3 is 2.43 bits per heavy atom. The molecule has 200 valence electrons. The highest BCUT2D eigenvalue weighted by atomic mass is 32.2. The van der Waals surface area contributed by atoms with Gasteiger partial charge in [0.2, 0.25) is 0 Å². The SMILES string of the molecule is O=C(c1nn([C@H]2CCCN(CCN3CCOCC3)C2)c2c1CS(=O)(=O)c1ccccc1-2)N1CCOCC1.